The van der Waals surface area contributed by atoms with E-state index in [0.29, 0.717) is 43.8 Å². The van der Waals surface area contributed by atoms with Gasteiger partial charge in [-0.3, -0.25) is 4.90 Å². The van der Waals surface area contributed by atoms with Gasteiger partial charge in [0.1, 0.15) is 11.6 Å². The van der Waals surface area contributed by atoms with Gasteiger partial charge in [-0.1, -0.05) is 12.2 Å². The summed E-state index contributed by atoms with van der Waals surface area (Å²) >= 11 is 0. The Labute approximate surface area is 201 Å². The lowest BCUT2D eigenvalue weighted by molar-refractivity contribution is 0.140. The van der Waals surface area contributed by atoms with E-state index in [4.69, 9.17) is 5.73 Å². The fraction of sp³-hybridized carbons (Fsp3) is 0.391. The summed E-state index contributed by atoms with van der Waals surface area (Å²) in [5, 5.41) is 14.0. The van der Waals surface area contributed by atoms with Crippen LogP contribution in [0.4, 0.5) is 26.4 Å². The minimum Gasteiger partial charge on any atom is -0.389 e. The van der Waals surface area contributed by atoms with Crippen molar-refractivity contribution in [3.05, 3.63) is 53.4 Å². The molecule has 2 aliphatic heterocycles. The Balaban J connectivity index is 1.20. The van der Waals surface area contributed by atoms with Crippen molar-refractivity contribution >= 4 is 23.7 Å². The standard InChI is InChI=1S/C23H27F2N9O/c1-15-16(12-27-34(15)23-29-21(26)28-22(30-23)33-13-20(35)14-33)3-2-4-31-5-7-32(8-6-31)19-10-17(24)9-18(25)11-19/h2-3,9-12,20,35H,4-8,13-14H2,1H3,(H2,26,28,29,30)/b3-2+. The Hall–Kier alpha value is -3.64. The van der Waals surface area contributed by atoms with Gasteiger partial charge >= 0.3 is 0 Å². The Kier molecular flexibility index (Phi) is 6.31. The van der Waals surface area contributed by atoms with Crippen molar-refractivity contribution in [2.75, 3.05) is 61.3 Å². The second-order valence-electron chi connectivity index (χ2n) is 8.77. The van der Waals surface area contributed by atoms with Crippen molar-refractivity contribution in [1.82, 2.24) is 29.6 Å². The molecule has 0 bridgehead atoms. The second kappa shape index (κ2) is 9.55. The molecule has 2 aromatic heterocycles. The van der Waals surface area contributed by atoms with E-state index in [9.17, 15) is 13.9 Å². The van der Waals surface area contributed by atoms with E-state index in [0.717, 1.165) is 37.0 Å². The fourth-order valence-corrected chi connectivity index (χ4v) is 4.25. The number of halogens is 2. The number of aliphatic hydroxyl groups is 1. The maximum atomic E-state index is 13.5. The Morgan fingerprint density at radius 1 is 1.00 bits per heavy atom. The van der Waals surface area contributed by atoms with E-state index in [1.807, 2.05) is 22.8 Å². The van der Waals surface area contributed by atoms with Crippen molar-refractivity contribution in [3.63, 3.8) is 0 Å². The van der Waals surface area contributed by atoms with Crippen LogP contribution in [-0.2, 0) is 0 Å². The summed E-state index contributed by atoms with van der Waals surface area (Å²) in [6.45, 7) is 6.57. The molecule has 2 saturated heterocycles. The van der Waals surface area contributed by atoms with E-state index >= 15 is 0 Å². The average Bonchev–Trinajstić information content (AvgIpc) is 3.16. The van der Waals surface area contributed by atoms with Crippen LogP contribution in [0, 0.1) is 18.6 Å². The van der Waals surface area contributed by atoms with Crippen molar-refractivity contribution < 1.29 is 13.9 Å². The van der Waals surface area contributed by atoms with Gasteiger partial charge in [0.15, 0.2) is 0 Å². The number of nitrogens with zero attached hydrogens (tertiary/aromatic N) is 8. The molecule has 0 aliphatic carbocycles. The number of anilines is 3. The van der Waals surface area contributed by atoms with Gasteiger partial charge in [-0.15, -0.1) is 0 Å². The molecule has 3 aromatic rings. The zero-order chi connectivity index (χ0) is 24.5. The van der Waals surface area contributed by atoms with Crippen molar-refractivity contribution in [3.8, 4) is 5.95 Å². The zero-order valence-electron chi connectivity index (χ0n) is 19.3. The molecule has 5 rings (SSSR count). The van der Waals surface area contributed by atoms with Crippen LogP contribution in [0.15, 0.2) is 30.5 Å². The summed E-state index contributed by atoms with van der Waals surface area (Å²) in [5.74, 6) is -0.271. The fourth-order valence-electron chi connectivity index (χ4n) is 4.25. The molecule has 184 valence electrons. The number of piperazine rings is 1. The highest BCUT2D eigenvalue weighted by Gasteiger charge is 2.28. The third-order valence-electron chi connectivity index (χ3n) is 6.26. The maximum Gasteiger partial charge on any atom is 0.257 e. The number of hydrogen-bond acceptors (Lipinski definition) is 9. The van der Waals surface area contributed by atoms with E-state index in [1.54, 1.807) is 10.9 Å². The van der Waals surface area contributed by atoms with Crippen LogP contribution in [0.3, 0.4) is 0 Å². The summed E-state index contributed by atoms with van der Waals surface area (Å²) in [7, 11) is 0. The van der Waals surface area contributed by atoms with Gasteiger partial charge in [0.25, 0.3) is 5.95 Å². The number of aromatic nitrogens is 5. The van der Waals surface area contributed by atoms with Crippen LogP contribution in [0.1, 0.15) is 11.3 Å². The summed E-state index contributed by atoms with van der Waals surface area (Å²) in [6.07, 6.45) is 5.44. The molecule has 1 aromatic carbocycles. The molecule has 2 fully saturated rings. The minimum absolute atomic E-state index is 0.0958. The number of benzene rings is 1. The summed E-state index contributed by atoms with van der Waals surface area (Å²) < 4.78 is 28.7. The SMILES string of the molecule is Cc1c(/C=C/CN2CCN(c3cc(F)cc(F)c3)CC2)cnn1-c1nc(N)nc(N2CC(O)C2)n1. The van der Waals surface area contributed by atoms with Gasteiger partial charge in [-0.25, -0.2) is 13.5 Å². The largest absolute Gasteiger partial charge is 0.389 e. The molecule has 0 saturated carbocycles. The van der Waals surface area contributed by atoms with E-state index < -0.39 is 11.6 Å². The molecular weight excluding hydrogens is 456 g/mol. The van der Waals surface area contributed by atoms with Gasteiger partial charge in [-0.05, 0) is 19.1 Å². The summed E-state index contributed by atoms with van der Waals surface area (Å²) in [5.41, 5.74) is 8.24. The first-order chi connectivity index (χ1) is 16.9. The van der Waals surface area contributed by atoms with Crippen LogP contribution in [0.2, 0.25) is 0 Å². The molecule has 35 heavy (non-hydrogen) atoms. The maximum absolute atomic E-state index is 13.5. The molecule has 4 heterocycles. The quantitative estimate of drug-likeness (QED) is 0.535. The van der Waals surface area contributed by atoms with Crippen molar-refractivity contribution in [2.45, 2.75) is 13.0 Å². The molecule has 10 nitrogen and oxygen atoms in total. The minimum atomic E-state index is -0.559. The molecule has 0 radical (unpaired) electrons. The van der Waals surface area contributed by atoms with Gasteiger partial charge in [0.05, 0.1) is 18.0 Å². The van der Waals surface area contributed by atoms with Gasteiger partial charge < -0.3 is 20.6 Å². The highest BCUT2D eigenvalue weighted by molar-refractivity contribution is 5.52. The van der Waals surface area contributed by atoms with Gasteiger partial charge in [-0.2, -0.15) is 20.1 Å². The predicted molar refractivity (Wildman–Crippen MR) is 128 cm³/mol. The van der Waals surface area contributed by atoms with Crippen molar-refractivity contribution in [2.24, 2.45) is 0 Å². The van der Waals surface area contributed by atoms with Gasteiger partial charge in [0, 0.05) is 63.1 Å². The van der Waals surface area contributed by atoms with Crippen LogP contribution in [0.25, 0.3) is 12.0 Å². The number of aliphatic hydroxyl groups excluding tert-OH is 1. The first-order valence-corrected chi connectivity index (χ1v) is 11.5. The zero-order valence-corrected chi connectivity index (χ0v) is 19.3. The molecule has 0 amide bonds. The average molecular weight is 484 g/mol. The van der Waals surface area contributed by atoms with Gasteiger partial charge in [0.2, 0.25) is 11.9 Å². The molecular formula is C23H27F2N9O. The molecule has 0 spiro atoms. The molecule has 3 N–H and O–H groups in total. The third kappa shape index (κ3) is 5.08. The Morgan fingerprint density at radius 2 is 1.69 bits per heavy atom. The lowest BCUT2D eigenvalue weighted by Gasteiger charge is -2.35. The molecule has 0 unspecified atom stereocenters. The van der Waals surface area contributed by atoms with Crippen molar-refractivity contribution in [1.29, 1.82) is 0 Å². The summed E-state index contributed by atoms with van der Waals surface area (Å²) in [6, 6.07) is 3.63. The lowest BCUT2D eigenvalue weighted by Crippen LogP contribution is -2.51. The van der Waals surface area contributed by atoms with E-state index in [1.165, 1.54) is 12.1 Å². The number of rotatable bonds is 6. The lowest BCUT2D eigenvalue weighted by atomic mass is 10.2. The van der Waals surface area contributed by atoms with Crippen LogP contribution >= 0.6 is 0 Å². The highest BCUT2D eigenvalue weighted by atomic mass is 19.1. The first-order valence-electron chi connectivity index (χ1n) is 11.5. The molecule has 0 atom stereocenters. The highest BCUT2D eigenvalue weighted by Crippen LogP contribution is 2.21. The topological polar surface area (TPSA) is 112 Å². The second-order valence-corrected chi connectivity index (χ2v) is 8.77. The Bertz CT molecular complexity index is 1210. The monoisotopic (exact) mass is 483 g/mol. The van der Waals surface area contributed by atoms with Crippen LogP contribution < -0.4 is 15.5 Å². The number of β-amino-alcohol motifs (C(OH)–C–C–N with tert-alkyl or cyclic N) is 1. The summed E-state index contributed by atoms with van der Waals surface area (Å²) in [4.78, 5) is 18.9. The number of nitrogen functional groups attached to an aromatic ring is 1. The van der Waals surface area contributed by atoms with Crippen LogP contribution in [-0.4, -0.2) is 86.7 Å². The van der Waals surface area contributed by atoms with E-state index in [2.05, 4.69) is 31.0 Å². The van der Waals surface area contributed by atoms with Crippen LogP contribution in [0.5, 0.6) is 0 Å². The molecule has 2 aliphatic rings. The number of hydrogen-bond donors (Lipinski definition) is 2. The smallest absolute Gasteiger partial charge is 0.257 e. The van der Waals surface area contributed by atoms with E-state index in [-0.39, 0.29) is 12.1 Å². The molecule has 12 heteroatoms. The first kappa shape index (κ1) is 23.1. The third-order valence-corrected chi connectivity index (χ3v) is 6.26. The number of nitrogens with two attached hydrogens (primary N) is 1. The normalized spacial score (nSPS) is 17.4. The Morgan fingerprint density at radius 3 is 2.37 bits per heavy atom. The predicted octanol–water partition coefficient (Wildman–Crippen LogP) is 1.24.